The highest BCUT2D eigenvalue weighted by atomic mass is 16.5. The lowest BCUT2D eigenvalue weighted by atomic mass is 9.96. The molecule has 1 atom stereocenters. The number of aromatic nitrogens is 2. The molecule has 0 radical (unpaired) electrons. The molecule has 1 aliphatic heterocycles. The van der Waals surface area contributed by atoms with Crippen LogP contribution in [0, 0.1) is 5.92 Å². The molecule has 0 aliphatic carbocycles. The third kappa shape index (κ3) is 2.69. The second-order valence-corrected chi connectivity index (χ2v) is 5.95. The number of anilines is 1. The average molecular weight is 337 g/mol. The lowest BCUT2D eigenvalue weighted by molar-refractivity contribution is -0.121. The van der Waals surface area contributed by atoms with E-state index in [4.69, 9.17) is 4.74 Å². The van der Waals surface area contributed by atoms with E-state index in [-0.39, 0.29) is 29.2 Å². The average Bonchev–Trinajstić information content (AvgIpc) is 2.64. The van der Waals surface area contributed by atoms with E-state index in [0.717, 1.165) is 11.3 Å². The first-order chi connectivity index (χ1) is 12.1. The largest absolute Gasteiger partial charge is 0.492 e. The number of carbonyl (C=O) groups excluding carboxylic acids is 1. The predicted octanol–water partition coefficient (Wildman–Crippen LogP) is 1.41. The molecule has 7 heteroatoms. The molecule has 0 fully saturated rings. The van der Waals surface area contributed by atoms with Crippen LogP contribution in [0.5, 0.6) is 5.75 Å². The van der Waals surface area contributed by atoms with Crippen molar-refractivity contribution in [3.05, 3.63) is 68.7 Å². The zero-order valence-electron chi connectivity index (χ0n) is 13.2. The van der Waals surface area contributed by atoms with Crippen LogP contribution in [0.25, 0.3) is 10.8 Å². The van der Waals surface area contributed by atoms with E-state index in [0.29, 0.717) is 12.1 Å². The minimum absolute atomic E-state index is 0.164. The molecule has 25 heavy (non-hydrogen) atoms. The summed E-state index contributed by atoms with van der Waals surface area (Å²) >= 11 is 0. The van der Waals surface area contributed by atoms with Crippen molar-refractivity contribution in [2.75, 3.05) is 11.9 Å². The van der Waals surface area contributed by atoms with Gasteiger partial charge < -0.3 is 10.1 Å². The smallest absolute Gasteiger partial charge is 0.272 e. The van der Waals surface area contributed by atoms with Gasteiger partial charge in [0.1, 0.15) is 12.4 Å². The molecule has 3 aromatic rings. The molecule has 7 nitrogen and oxygen atoms in total. The first kappa shape index (κ1) is 15.2. The second-order valence-electron chi connectivity index (χ2n) is 5.95. The number of hydrogen-bond donors (Lipinski definition) is 3. The van der Waals surface area contributed by atoms with Crippen molar-refractivity contribution in [1.29, 1.82) is 0 Å². The number of amides is 1. The van der Waals surface area contributed by atoms with Crippen LogP contribution in [-0.2, 0) is 11.2 Å². The molecule has 2 heterocycles. The fourth-order valence-corrected chi connectivity index (χ4v) is 3.06. The molecule has 0 unspecified atom stereocenters. The lowest BCUT2D eigenvalue weighted by Crippen LogP contribution is -2.33. The van der Waals surface area contributed by atoms with Crippen LogP contribution in [0.4, 0.5) is 5.69 Å². The summed E-state index contributed by atoms with van der Waals surface area (Å²) in [7, 11) is 0. The van der Waals surface area contributed by atoms with Crippen molar-refractivity contribution in [1.82, 2.24) is 10.2 Å². The Hall–Kier alpha value is -3.35. The molecule has 1 aromatic heterocycles. The monoisotopic (exact) mass is 337 g/mol. The number of ether oxygens (including phenoxy) is 1. The van der Waals surface area contributed by atoms with E-state index in [9.17, 15) is 14.4 Å². The number of fused-ring (bicyclic) bond motifs is 2. The Morgan fingerprint density at radius 3 is 2.72 bits per heavy atom. The maximum Gasteiger partial charge on any atom is 0.272 e. The van der Waals surface area contributed by atoms with Crippen molar-refractivity contribution in [3.8, 4) is 5.75 Å². The topological polar surface area (TPSA) is 104 Å². The SMILES string of the molecule is O=C(Nc1cccc2c(=O)[nH][nH]c(=O)c12)[C@@H]1COc2ccccc2C1. The van der Waals surface area contributed by atoms with E-state index in [2.05, 4.69) is 15.5 Å². The Labute approximate surface area is 141 Å². The number of nitrogens with one attached hydrogen (secondary N) is 3. The van der Waals surface area contributed by atoms with Gasteiger partial charge in [-0.25, -0.2) is 0 Å². The minimum Gasteiger partial charge on any atom is -0.492 e. The molecule has 0 saturated carbocycles. The first-order valence-electron chi connectivity index (χ1n) is 7.89. The summed E-state index contributed by atoms with van der Waals surface area (Å²) < 4.78 is 5.64. The van der Waals surface area contributed by atoms with Gasteiger partial charge in [-0.2, -0.15) is 0 Å². The van der Waals surface area contributed by atoms with E-state index in [1.807, 2.05) is 24.3 Å². The quantitative estimate of drug-likeness (QED) is 0.657. The Morgan fingerprint density at radius 2 is 1.84 bits per heavy atom. The molecule has 126 valence electrons. The van der Waals surface area contributed by atoms with E-state index in [1.165, 1.54) is 0 Å². The molecule has 0 saturated heterocycles. The fourth-order valence-electron chi connectivity index (χ4n) is 3.06. The number of benzene rings is 2. The molecule has 3 N–H and O–H groups in total. The van der Waals surface area contributed by atoms with Crippen LogP contribution in [0.2, 0.25) is 0 Å². The number of rotatable bonds is 2. The molecular weight excluding hydrogens is 322 g/mol. The van der Waals surface area contributed by atoms with Gasteiger partial charge in [-0.1, -0.05) is 24.3 Å². The lowest BCUT2D eigenvalue weighted by Gasteiger charge is -2.24. The maximum atomic E-state index is 12.6. The zero-order chi connectivity index (χ0) is 17.4. The van der Waals surface area contributed by atoms with Crippen LogP contribution < -0.4 is 21.2 Å². The Morgan fingerprint density at radius 1 is 1.04 bits per heavy atom. The second kappa shape index (κ2) is 5.94. The summed E-state index contributed by atoms with van der Waals surface area (Å²) in [4.78, 5) is 36.5. The number of carbonyl (C=O) groups is 1. The summed E-state index contributed by atoms with van der Waals surface area (Å²) in [6, 6.07) is 12.4. The van der Waals surface area contributed by atoms with Gasteiger partial charge in [0.15, 0.2) is 0 Å². The molecule has 0 spiro atoms. The van der Waals surface area contributed by atoms with Crippen molar-refractivity contribution in [3.63, 3.8) is 0 Å². The molecule has 1 aliphatic rings. The van der Waals surface area contributed by atoms with Crippen LogP contribution in [0.1, 0.15) is 5.56 Å². The molecule has 1 amide bonds. The van der Waals surface area contributed by atoms with Crippen molar-refractivity contribution >= 4 is 22.4 Å². The highest BCUT2D eigenvalue weighted by Crippen LogP contribution is 2.28. The Kier molecular flexibility index (Phi) is 3.61. The van der Waals surface area contributed by atoms with Gasteiger partial charge in [-0.3, -0.25) is 24.6 Å². The number of aromatic amines is 2. The highest BCUT2D eigenvalue weighted by Gasteiger charge is 2.26. The van der Waals surface area contributed by atoms with Crippen LogP contribution in [-0.4, -0.2) is 22.7 Å². The third-order valence-electron chi connectivity index (χ3n) is 4.33. The molecule has 0 bridgehead atoms. The van der Waals surface area contributed by atoms with Gasteiger partial charge in [0, 0.05) is 0 Å². The van der Waals surface area contributed by atoms with Gasteiger partial charge in [0.05, 0.1) is 22.4 Å². The fraction of sp³-hybridized carbons (Fsp3) is 0.167. The van der Waals surface area contributed by atoms with E-state index < -0.39 is 11.1 Å². The standard InChI is InChI=1S/C18H15N3O4/c22-16(11-8-10-4-1-2-7-14(10)25-9-11)19-13-6-3-5-12-15(13)18(24)21-20-17(12)23/h1-7,11H,8-9H2,(H,19,22)(H,20,23)(H,21,24)/t11-/m0/s1. The maximum absolute atomic E-state index is 12.6. The number of hydrogen-bond acceptors (Lipinski definition) is 4. The van der Waals surface area contributed by atoms with E-state index in [1.54, 1.807) is 18.2 Å². The summed E-state index contributed by atoms with van der Waals surface area (Å²) in [6.07, 6.45) is 0.559. The Balaban J connectivity index is 1.64. The summed E-state index contributed by atoms with van der Waals surface area (Å²) in [6.45, 7) is 0.268. The molecule has 2 aromatic carbocycles. The van der Waals surface area contributed by atoms with Gasteiger partial charge in [0.2, 0.25) is 5.91 Å². The van der Waals surface area contributed by atoms with Crippen LogP contribution in [0.15, 0.2) is 52.1 Å². The first-order valence-corrected chi connectivity index (χ1v) is 7.89. The molecular formula is C18H15N3O4. The van der Waals surface area contributed by atoms with E-state index >= 15 is 0 Å². The molecule has 4 rings (SSSR count). The summed E-state index contributed by atoms with van der Waals surface area (Å²) in [5.74, 6) is 0.174. The summed E-state index contributed by atoms with van der Waals surface area (Å²) in [5.41, 5.74) is 0.409. The van der Waals surface area contributed by atoms with Crippen molar-refractivity contribution in [2.24, 2.45) is 5.92 Å². The number of para-hydroxylation sites is 1. The number of H-pyrrole nitrogens is 2. The van der Waals surface area contributed by atoms with Gasteiger partial charge in [0.25, 0.3) is 11.1 Å². The van der Waals surface area contributed by atoms with Crippen molar-refractivity contribution in [2.45, 2.75) is 6.42 Å². The summed E-state index contributed by atoms with van der Waals surface area (Å²) in [5, 5.41) is 7.71. The zero-order valence-corrected chi connectivity index (χ0v) is 13.2. The highest BCUT2D eigenvalue weighted by molar-refractivity contribution is 6.02. The Bertz CT molecular complexity index is 1080. The van der Waals surface area contributed by atoms with Crippen molar-refractivity contribution < 1.29 is 9.53 Å². The van der Waals surface area contributed by atoms with Gasteiger partial charge in [-0.05, 0) is 30.2 Å². The van der Waals surface area contributed by atoms with Gasteiger partial charge in [-0.15, -0.1) is 0 Å². The van der Waals surface area contributed by atoms with Crippen LogP contribution in [0.3, 0.4) is 0 Å². The van der Waals surface area contributed by atoms with Gasteiger partial charge >= 0.3 is 0 Å². The third-order valence-corrected chi connectivity index (χ3v) is 4.33. The normalized spacial score (nSPS) is 16.1. The van der Waals surface area contributed by atoms with Crippen LogP contribution >= 0.6 is 0 Å². The predicted molar refractivity (Wildman–Crippen MR) is 93.0 cm³/mol. The minimum atomic E-state index is -0.462.